The molecule has 1 aromatic rings. The highest BCUT2D eigenvalue weighted by atomic mass is 16.6. The van der Waals surface area contributed by atoms with Crippen LogP contribution in [-0.4, -0.2) is 24.1 Å². The fourth-order valence-electron chi connectivity index (χ4n) is 1.60. The lowest BCUT2D eigenvalue weighted by Gasteiger charge is -2.17. The van der Waals surface area contributed by atoms with Crippen LogP contribution in [-0.2, 0) is 4.79 Å². The summed E-state index contributed by atoms with van der Waals surface area (Å²) >= 11 is 0. The predicted octanol–water partition coefficient (Wildman–Crippen LogP) is 2.92. The lowest BCUT2D eigenvalue weighted by atomic mass is 10.2. The second kappa shape index (κ2) is 5.51. The minimum absolute atomic E-state index is 0.0603. The Morgan fingerprint density at radius 3 is 2.53 bits per heavy atom. The number of carbonyl (C=O) groups is 1. The van der Waals surface area contributed by atoms with Crippen LogP contribution in [0.2, 0.25) is 0 Å². The van der Waals surface area contributed by atoms with E-state index in [4.69, 9.17) is 9.47 Å². The van der Waals surface area contributed by atoms with E-state index < -0.39 is 0 Å². The zero-order valence-corrected chi connectivity index (χ0v) is 10.7. The van der Waals surface area contributed by atoms with Crippen molar-refractivity contribution in [1.29, 1.82) is 0 Å². The Labute approximate surface area is 110 Å². The molecule has 100 valence electrons. The summed E-state index contributed by atoms with van der Waals surface area (Å²) in [4.78, 5) is 11.2. The number of azo groups is 1. The fourth-order valence-corrected chi connectivity index (χ4v) is 1.60. The molecular weight excluding hydrogens is 248 g/mol. The van der Waals surface area contributed by atoms with Gasteiger partial charge in [-0.2, -0.15) is 5.11 Å². The van der Waals surface area contributed by atoms with Crippen LogP contribution < -0.4 is 9.47 Å². The second-order valence-corrected chi connectivity index (χ2v) is 4.02. The van der Waals surface area contributed by atoms with Gasteiger partial charge in [0.05, 0.1) is 5.69 Å². The van der Waals surface area contributed by atoms with E-state index in [9.17, 15) is 9.90 Å². The number of fused-ring (bicyclic) bond motifs is 1. The first-order valence-corrected chi connectivity index (χ1v) is 5.80. The Kier molecular flexibility index (Phi) is 3.79. The zero-order valence-electron chi connectivity index (χ0n) is 10.7. The summed E-state index contributed by atoms with van der Waals surface area (Å²) in [5, 5.41) is 17.0. The molecular formula is C13H14N2O4. The Morgan fingerprint density at radius 1 is 1.21 bits per heavy atom. The Bertz CT molecular complexity index is 560. The van der Waals surface area contributed by atoms with Crippen LogP contribution >= 0.6 is 0 Å². The minimum atomic E-state index is -0.346. The molecule has 0 bridgehead atoms. The van der Waals surface area contributed by atoms with Gasteiger partial charge in [0.2, 0.25) is 0 Å². The molecule has 0 fully saturated rings. The number of hydrogen-bond donors (Lipinski definition) is 1. The van der Waals surface area contributed by atoms with Crippen LogP contribution in [0.5, 0.6) is 11.5 Å². The molecule has 0 aliphatic carbocycles. The Balaban J connectivity index is 2.24. The third kappa shape index (κ3) is 3.09. The van der Waals surface area contributed by atoms with Gasteiger partial charge in [-0.25, -0.2) is 0 Å². The Morgan fingerprint density at radius 2 is 1.89 bits per heavy atom. The quantitative estimate of drug-likeness (QED) is 0.516. The number of aliphatic hydroxyl groups excluding tert-OH is 1. The average Bonchev–Trinajstić information content (AvgIpc) is 2.38. The largest absolute Gasteiger partial charge is 0.510 e. The van der Waals surface area contributed by atoms with Gasteiger partial charge in [0.15, 0.2) is 23.0 Å². The number of aliphatic hydroxyl groups is 1. The zero-order chi connectivity index (χ0) is 13.8. The molecule has 0 saturated heterocycles. The highest BCUT2D eigenvalue weighted by Crippen LogP contribution is 2.33. The number of carbonyl (C=O) groups excluding carboxylic acids is 1. The van der Waals surface area contributed by atoms with Crippen LogP contribution in [0.15, 0.2) is 39.9 Å². The SMILES string of the molecule is CC(=O)/C(N=Nc1ccc2c(c1)OCCO2)=C(\C)O. The van der Waals surface area contributed by atoms with E-state index in [2.05, 4.69) is 10.2 Å². The van der Waals surface area contributed by atoms with Crippen molar-refractivity contribution in [1.82, 2.24) is 0 Å². The van der Waals surface area contributed by atoms with E-state index in [-0.39, 0.29) is 17.2 Å². The summed E-state index contributed by atoms with van der Waals surface area (Å²) in [5.74, 6) is 0.748. The first-order chi connectivity index (χ1) is 9.08. The molecule has 0 atom stereocenters. The van der Waals surface area contributed by atoms with Gasteiger partial charge in [-0.1, -0.05) is 0 Å². The molecule has 1 aromatic carbocycles. The van der Waals surface area contributed by atoms with Gasteiger partial charge in [0, 0.05) is 13.0 Å². The topological polar surface area (TPSA) is 80.5 Å². The van der Waals surface area contributed by atoms with Crippen LogP contribution in [0.3, 0.4) is 0 Å². The number of ether oxygens (including phenoxy) is 2. The van der Waals surface area contributed by atoms with Gasteiger partial charge in [0.25, 0.3) is 0 Å². The molecule has 0 saturated carbocycles. The summed E-state index contributed by atoms with van der Waals surface area (Å²) in [6.07, 6.45) is 0. The molecule has 0 amide bonds. The Hall–Kier alpha value is -2.37. The number of hydrogen-bond acceptors (Lipinski definition) is 6. The van der Waals surface area contributed by atoms with Crippen molar-refractivity contribution in [3.8, 4) is 11.5 Å². The van der Waals surface area contributed by atoms with E-state index in [1.165, 1.54) is 13.8 Å². The fraction of sp³-hybridized carbons (Fsp3) is 0.308. The van der Waals surface area contributed by atoms with Gasteiger partial charge in [0.1, 0.15) is 19.0 Å². The van der Waals surface area contributed by atoms with Crippen molar-refractivity contribution >= 4 is 11.5 Å². The normalized spacial score (nSPS) is 15.3. The summed E-state index contributed by atoms with van der Waals surface area (Å²) in [5.41, 5.74) is 0.458. The smallest absolute Gasteiger partial charge is 0.183 e. The molecule has 19 heavy (non-hydrogen) atoms. The van der Waals surface area contributed by atoms with Crippen LogP contribution in [0.25, 0.3) is 0 Å². The van der Waals surface area contributed by atoms with E-state index >= 15 is 0 Å². The molecule has 1 heterocycles. The lowest BCUT2D eigenvalue weighted by molar-refractivity contribution is -0.113. The number of allylic oxidation sites excluding steroid dienone is 2. The van der Waals surface area contributed by atoms with Crippen LogP contribution in [0.1, 0.15) is 13.8 Å². The molecule has 1 aliphatic heterocycles. The van der Waals surface area contributed by atoms with Gasteiger partial charge in [-0.05, 0) is 19.1 Å². The molecule has 1 aliphatic rings. The van der Waals surface area contributed by atoms with Crippen LogP contribution in [0, 0.1) is 0 Å². The first kappa shape index (κ1) is 13.1. The number of nitrogens with zero attached hydrogens (tertiary/aromatic N) is 2. The number of benzene rings is 1. The molecule has 6 heteroatoms. The van der Waals surface area contributed by atoms with Crippen molar-refractivity contribution in [3.05, 3.63) is 29.7 Å². The van der Waals surface area contributed by atoms with E-state index in [0.717, 1.165) is 0 Å². The monoisotopic (exact) mass is 262 g/mol. The average molecular weight is 262 g/mol. The molecule has 0 aromatic heterocycles. The molecule has 1 N–H and O–H groups in total. The molecule has 0 spiro atoms. The van der Waals surface area contributed by atoms with Crippen molar-refractivity contribution in [3.63, 3.8) is 0 Å². The lowest BCUT2D eigenvalue weighted by Crippen LogP contribution is -2.14. The van der Waals surface area contributed by atoms with Crippen molar-refractivity contribution in [2.45, 2.75) is 13.8 Å². The van der Waals surface area contributed by atoms with E-state index in [0.29, 0.717) is 30.4 Å². The predicted molar refractivity (Wildman–Crippen MR) is 68.0 cm³/mol. The van der Waals surface area contributed by atoms with Crippen molar-refractivity contribution in [2.24, 2.45) is 10.2 Å². The highest BCUT2D eigenvalue weighted by Gasteiger charge is 2.12. The molecule has 0 radical (unpaired) electrons. The van der Waals surface area contributed by atoms with Crippen LogP contribution in [0.4, 0.5) is 5.69 Å². The third-order valence-electron chi connectivity index (χ3n) is 2.47. The van der Waals surface area contributed by atoms with Gasteiger partial charge >= 0.3 is 0 Å². The maximum atomic E-state index is 11.2. The standard InChI is InChI=1S/C13H14N2O4/c1-8(16)13(9(2)17)15-14-10-3-4-11-12(7-10)19-6-5-18-11/h3-4,7,16H,5-6H2,1-2H3/b13-8-,15-14?. The first-order valence-electron chi connectivity index (χ1n) is 5.80. The van der Waals surface area contributed by atoms with Crippen molar-refractivity contribution < 1.29 is 19.4 Å². The summed E-state index contributed by atoms with van der Waals surface area (Å²) in [6.45, 7) is 3.72. The molecule has 6 nitrogen and oxygen atoms in total. The third-order valence-corrected chi connectivity index (χ3v) is 2.47. The van der Waals surface area contributed by atoms with Gasteiger partial charge < -0.3 is 14.6 Å². The van der Waals surface area contributed by atoms with Crippen molar-refractivity contribution in [2.75, 3.05) is 13.2 Å². The molecule has 2 rings (SSSR count). The van der Waals surface area contributed by atoms with Gasteiger partial charge in [-0.3, -0.25) is 4.79 Å². The van der Waals surface area contributed by atoms with E-state index in [1.54, 1.807) is 18.2 Å². The summed E-state index contributed by atoms with van der Waals surface area (Å²) < 4.78 is 10.8. The highest BCUT2D eigenvalue weighted by molar-refractivity contribution is 5.93. The number of Topliss-reactive ketones (excluding diaryl/α,β-unsaturated/α-hetero) is 1. The van der Waals surface area contributed by atoms with Gasteiger partial charge in [-0.15, -0.1) is 5.11 Å². The maximum absolute atomic E-state index is 11.2. The summed E-state index contributed by atoms with van der Waals surface area (Å²) in [7, 11) is 0. The molecule has 0 unspecified atom stereocenters. The van der Waals surface area contributed by atoms with E-state index in [1.807, 2.05) is 0 Å². The number of rotatable bonds is 3. The second-order valence-electron chi connectivity index (χ2n) is 4.02. The maximum Gasteiger partial charge on any atom is 0.183 e. The summed E-state index contributed by atoms with van der Waals surface area (Å²) in [6, 6.07) is 5.09. The minimum Gasteiger partial charge on any atom is -0.510 e. The number of ketones is 1.